The fourth-order valence-electron chi connectivity index (χ4n) is 2.71. The molecule has 6 nitrogen and oxygen atoms in total. The van der Waals surface area contributed by atoms with Crippen molar-refractivity contribution in [1.29, 1.82) is 0 Å². The molecule has 0 bridgehead atoms. The Hall–Kier alpha value is -3.26. The van der Waals surface area contributed by atoms with Crippen molar-refractivity contribution >= 4 is 34.8 Å². The molecule has 26 heavy (non-hydrogen) atoms. The second-order valence-corrected chi connectivity index (χ2v) is 5.84. The van der Waals surface area contributed by atoms with Crippen LogP contribution < -0.4 is 5.32 Å². The Balaban J connectivity index is 1.98. The van der Waals surface area contributed by atoms with Crippen molar-refractivity contribution in [3.05, 3.63) is 64.3 Å². The quantitative estimate of drug-likeness (QED) is 0.626. The topological polar surface area (TPSA) is 90.4 Å². The first kappa shape index (κ1) is 16.2. The predicted octanol–water partition coefficient (Wildman–Crippen LogP) is 4.21. The predicted molar refractivity (Wildman–Crippen MR) is 92.2 cm³/mol. The number of aromatic nitrogens is 2. The second kappa shape index (κ2) is 5.92. The SMILES string of the molecule is O=C(O)c1ccc2c(c1)-c1[nH]nc(Cl)c1N=C(c1c(F)cccc1F)N2. The zero-order valence-electron chi connectivity index (χ0n) is 12.8. The zero-order chi connectivity index (χ0) is 18.4. The van der Waals surface area contributed by atoms with Crippen LogP contribution in [0.3, 0.4) is 0 Å². The third-order valence-electron chi connectivity index (χ3n) is 3.91. The van der Waals surface area contributed by atoms with Crippen molar-refractivity contribution in [2.45, 2.75) is 0 Å². The highest BCUT2D eigenvalue weighted by atomic mass is 35.5. The van der Waals surface area contributed by atoms with E-state index < -0.39 is 17.6 Å². The van der Waals surface area contributed by atoms with Gasteiger partial charge in [0.2, 0.25) is 0 Å². The molecule has 1 aromatic heterocycles. The number of carbonyl (C=O) groups is 1. The lowest BCUT2D eigenvalue weighted by atomic mass is 10.0. The molecule has 130 valence electrons. The van der Waals surface area contributed by atoms with Crippen molar-refractivity contribution < 1.29 is 18.7 Å². The Morgan fingerprint density at radius 3 is 2.58 bits per heavy atom. The van der Waals surface area contributed by atoms with Crippen molar-refractivity contribution in [3.63, 3.8) is 0 Å². The number of benzene rings is 2. The van der Waals surface area contributed by atoms with E-state index in [0.29, 0.717) is 16.9 Å². The van der Waals surface area contributed by atoms with Gasteiger partial charge >= 0.3 is 5.97 Å². The molecule has 3 aromatic rings. The van der Waals surface area contributed by atoms with Crippen LogP contribution in [0.25, 0.3) is 11.3 Å². The van der Waals surface area contributed by atoms with Gasteiger partial charge in [0.25, 0.3) is 0 Å². The highest BCUT2D eigenvalue weighted by Gasteiger charge is 2.25. The fourth-order valence-corrected chi connectivity index (χ4v) is 2.89. The van der Waals surface area contributed by atoms with Crippen LogP contribution in [0.15, 0.2) is 41.4 Å². The van der Waals surface area contributed by atoms with Gasteiger partial charge in [0, 0.05) is 11.3 Å². The highest BCUT2D eigenvalue weighted by Crippen LogP contribution is 2.41. The summed E-state index contributed by atoms with van der Waals surface area (Å²) in [6.45, 7) is 0. The number of anilines is 1. The number of nitrogens with one attached hydrogen (secondary N) is 2. The van der Waals surface area contributed by atoms with Crippen LogP contribution >= 0.6 is 11.6 Å². The monoisotopic (exact) mass is 374 g/mol. The van der Waals surface area contributed by atoms with Crippen molar-refractivity contribution in [3.8, 4) is 11.3 Å². The maximum absolute atomic E-state index is 14.2. The number of aliphatic imine (C=N–C) groups is 1. The van der Waals surface area contributed by atoms with E-state index in [1.165, 1.54) is 24.3 Å². The maximum Gasteiger partial charge on any atom is 0.335 e. The number of rotatable bonds is 2. The number of hydrogen-bond donors (Lipinski definition) is 3. The fraction of sp³-hybridized carbons (Fsp3) is 0. The number of nitrogens with zero attached hydrogens (tertiary/aromatic N) is 2. The molecule has 1 aliphatic heterocycles. The zero-order valence-corrected chi connectivity index (χ0v) is 13.6. The molecule has 9 heteroatoms. The lowest BCUT2D eigenvalue weighted by Gasteiger charge is -2.12. The molecule has 3 N–H and O–H groups in total. The number of carboxylic acids is 1. The molecule has 0 amide bonds. The molecule has 0 saturated heterocycles. The van der Waals surface area contributed by atoms with E-state index in [4.69, 9.17) is 11.6 Å². The van der Waals surface area contributed by atoms with E-state index in [-0.39, 0.29) is 27.8 Å². The lowest BCUT2D eigenvalue weighted by Crippen LogP contribution is -2.17. The molecule has 0 spiro atoms. The summed E-state index contributed by atoms with van der Waals surface area (Å²) in [5.74, 6) is -2.83. The van der Waals surface area contributed by atoms with Gasteiger partial charge in [-0.05, 0) is 30.3 Å². The largest absolute Gasteiger partial charge is 0.478 e. The maximum atomic E-state index is 14.2. The van der Waals surface area contributed by atoms with Crippen LogP contribution in [0.5, 0.6) is 0 Å². The van der Waals surface area contributed by atoms with E-state index in [2.05, 4.69) is 20.5 Å². The van der Waals surface area contributed by atoms with E-state index in [0.717, 1.165) is 12.1 Å². The second-order valence-electron chi connectivity index (χ2n) is 5.49. The number of halogens is 3. The number of hydrogen-bond acceptors (Lipinski definition) is 4. The number of carboxylic acid groups (broad SMARTS) is 1. The Morgan fingerprint density at radius 1 is 1.15 bits per heavy atom. The van der Waals surface area contributed by atoms with Gasteiger partial charge in [-0.2, -0.15) is 5.10 Å². The van der Waals surface area contributed by atoms with Crippen LogP contribution in [0.4, 0.5) is 20.2 Å². The molecular formula is C17H9ClF2N4O2. The summed E-state index contributed by atoms with van der Waals surface area (Å²) in [5.41, 5.74) is 0.976. The molecule has 2 heterocycles. The number of fused-ring (bicyclic) bond motifs is 3. The van der Waals surface area contributed by atoms with Crippen LogP contribution in [0.1, 0.15) is 15.9 Å². The third-order valence-corrected chi connectivity index (χ3v) is 4.17. The standard InChI is InChI=1S/C17H9ClF2N4O2/c18-15-14-13(23-24-15)8-6-7(17(25)26)4-5-11(8)21-16(22-14)12-9(19)2-1-3-10(12)20/h1-6H,(H,21,22)(H,23,24)(H,25,26). The lowest BCUT2D eigenvalue weighted by molar-refractivity contribution is 0.0697. The van der Waals surface area contributed by atoms with Gasteiger partial charge in [-0.25, -0.2) is 18.6 Å². The summed E-state index contributed by atoms with van der Waals surface area (Å²) >= 11 is 6.05. The molecule has 0 saturated carbocycles. The average Bonchev–Trinajstić information content (AvgIpc) is 2.86. The first-order valence-corrected chi connectivity index (χ1v) is 7.75. The molecule has 0 atom stereocenters. The number of aromatic carboxylic acids is 1. The molecular weight excluding hydrogens is 366 g/mol. The molecule has 0 radical (unpaired) electrons. The van der Waals surface area contributed by atoms with E-state index >= 15 is 0 Å². The summed E-state index contributed by atoms with van der Waals surface area (Å²) in [6, 6.07) is 7.71. The Morgan fingerprint density at radius 2 is 1.88 bits per heavy atom. The number of aromatic amines is 1. The number of amidine groups is 1. The van der Waals surface area contributed by atoms with Gasteiger partial charge in [0.05, 0.1) is 16.8 Å². The van der Waals surface area contributed by atoms with Crippen LogP contribution in [-0.2, 0) is 0 Å². The molecule has 0 unspecified atom stereocenters. The van der Waals surface area contributed by atoms with Crippen LogP contribution in [0.2, 0.25) is 5.15 Å². The normalized spacial score (nSPS) is 12.5. The van der Waals surface area contributed by atoms with Gasteiger partial charge in [-0.15, -0.1) is 0 Å². The average molecular weight is 375 g/mol. The van der Waals surface area contributed by atoms with Crippen molar-refractivity contribution in [2.24, 2.45) is 4.99 Å². The summed E-state index contributed by atoms with van der Waals surface area (Å²) in [6.07, 6.45) is 0. The smallest absolute Gasteiger partial charge is 0.335 e. The van der Waals surface area contributed by atoms with Gasteiger partial charge in [0.1, 0.15) is 23.2 Å². The van der Waals surface area contributed by atoms with Crippen molar-refractivity contribution in [1.82, 2.24) is 10.2 Å². The molecule has 1 aliphatic rings. The Bertz CT molecular complexity index is 1070. The first-order valence-electron chi connectivity index (χ1n) is 7.37. The van der Waals surface area contributed by atoms with Crippen LogP contribution in [0, 0.1) is 11.6 Å². The van der Waals surface area contributed by atoms with Crippen molar-refractivity contribution in [2.75, 3.05) is 5.32 Å². The minimum atomic E-state index is -1.12. The third kappa shape index (κ3) is 2.51. The minimum Gasteiger partial charge on any atom is -0.478 e. The van der Waals surface area contributed by atoms with E-state index in [1.807, 2.05) is 0 Å². The molecule has 0 aliphatic carbocycles. The molecule has 0 fully saturated rings. The van der Waals surface area contributed by atoms with Gasteiger partial charge in [-0.1, -0.05) is 17.7 Å². The first-order chi connectivity index (χ1) is 12.5. The summed E-state index contributed by atoms with van der Waals surface area (Å²) in [7, 11) is 0. The Labute approximate surface area is 150 Å². The van der Waals surface area contributed by atoms with Gasteiger partial charge < -0.3 is 10.4 Å². The van der Waals surface area contributed by atoms with Gasteiger partial charge in [0.15, 0.2) is 5.15 Å². The summed E-state index contributed by atoms with van der Waals surface area (Å²) in [5, 5.41) is 18.6. The highest BCUT2D eigenvalue weighted by molar-refractivity contribution is 6.33. The molecule has 2 aromatic carbocycles. The minimum absolute atomic E-state index is 0.00961. The Kier molecular flexibility index (Phi) is 3.69. The van der Waals surface area contributed by atoms with E-state index in [1.54, 1.807) is 0 Å². The van der Waals surface area contributed by atoms with Crippen LogP contribution in [-0.4, -0.2) is 27.1 Å². The number of H-pyrrole nitrogens is 1. The van der Waals surface area contributed by atoms with E-state index in [9.17, 15) is 18.7 Å². The molecule has 4 rings (SSSR count). The summed E-state index contributed by atoms with van der Waals surface area (Å²) in [4.78, 5) is 15.5. The van der Waals surface area contributed by atoms with Gasteiger partial charge in [-0.3, -0.25) is 5.10 Å². The summed E-state index contributed by atoms with van der Waals surface area (Å²) < 4.78 is 28.4.